The number of carbonyl (C=O) groups excluding carboxylic acids is 1. The molecule has 0 bridgehead atoms. The summed E-state index contributed by atoms with van der Waals surface area (Å²) < 4.78 is 6.82. The van der Waals surface area contributed by atoms with Gasteiger partial charge < -0.3 is 4.74 Å². The number of aryl methyl sites for hydroxylation is 2. The van der Waals surface area contributed by atoms with E-state index in [-0.39, 0.29) is 12.5 Å². The molecule has 0 fully saturated rings. The van der Waals surface area contributed by atoms with Gasteiger partial charge in [0.2, 0.25) is 0 Å². The van der Waals surface area contributed by atoms with Gasteiger partial charge in [0.05, 0.1) is 10.2 Å². The zero-order chi connectivity index (χ0) is 17.1. The van der Waals surface area contributed by atoms with Crippen molar-refractivity contribution in [1.82, 2.24) is 4.98 Å². The molecule has 0 aliphatic carbocycles. The van der Waals surface area contributed by atoms with E-state index in [1.165, 1.54) is 11.3 Å². The summed E-state index contributed by atoms with van der Waals surface area (Å²) in [6.45, 7) is 6.50. The third kappa shape index (κ3) is 3.41. The summed E-state index contributed by atoms with van der Waals surface area (Å²) in [4.78, 5) is 18.8. The first-order chi connectivity index (χ1) is 11.6. The number of amides is 1. The molecule has 0 spiro atoms. The zero-order valence-electron chi connectivity index (χ0n) is 14.1. The first-order valence-corrected chi connectivity index (χ1v) is 8.76. The van der Waals surface area contributed by atoms with Crippen molar-refractivity contribution >= 4 is 32.6 Å². The van der Waals surface area contributed by atoms with Crippen molar-refractivity contribution in [3.05, 3.63) is 53.6 Å². The van der Waals surface area contributed by atoms with Crippen LogP contribution in [0.1, 0.15) is 18.1 Å². The predicted molar refractivity (Wildman–Crippen MR) is 99.1 cm³/mol. The average molecular weight is 340 g/mol. The summed E-state index contributed by atoms with van der Waals surface area (Å²) in [5.74, 6) is 0.668. The highest BCUT2D eigenvalue weighted by Crippen LogP contribution is 2.28. The minimum atomic E-state index is -0.0857. The number of hydrogen-bond acceptors (Lipinski definition) is 4. The van der Waals surface area contributed by atoms with E-state index in [1.807, 2.05) is 63.2 Å². The molecule has 0 aliphatic heterocycles. The Morgan fingerprint density at radius 1 is 1.21 bits per heavy atom. The predicted octanol–water partition coefficient (Wildman–Crippen LogP) is 4.35. The molecule has 0 N–H and O–H groups in total. The molecule has 1 amide bonds. The first kappa shape index (κ1) is 16.5. The van der Waals surface area contributed by atoms with Gasteiger partial charge in [0.15, 0.2) is 11.7 Å². The Morgan fingerprint density at radius 2 is 2.00 bits per heavy atom. The van der Waals surface area contributed by atoms with E-state index < -0.39 is 0 Å². The van der Waals surface area contributed by atoms with Crippen LogP contribution in [0.25, 0.3) is 10.2 Å². The van der Waals surface area contributed by atoms with E-state index in [0.717, 1.165) is 27.1 Å². The van der Waals surface area contributed by atoms with Gasteiger partial charge in [-0.1, -0.05) is 35.6 Å². The fraction of sp³-hybridized carbons (Fsp3) is 0.263. The zero-order valence-corrected chi connectivity index (χ0v) is 14.9. The third-order valence-corrected chi connectivity index (χ3v) is 4.88. The molecule has 0 atom stereocenters. The fourth-order valence-corrected chi connectivity index (χ4v) is 3.52. The van der Waals surface area contributed by atoms with E-state index in [1.54, 1.807) is 4.90 Å². The maximum Gasteiger partial charge on any atom is 0.266 e. The van der Waals surface area contributed by atoms with Gasteiger partial charge >= 0.3 is 0 Å². The molecule has 0 saturated heterocycles. The molecule has 3 rings (SSSR count). The molecule has 0 unspecified atom stereocenters. The van der Waals surface area contributed by atoms with E-state index in [4.69, 9.17) is 4.74 Å². The number of anilines is 1. The van der Waals surface area contributed by atoms with Crippen LogP contribution in [0.15, 0.2) is 42.5 Å². The quantitative estimate of drug-likeness (QED) is 0.694. The third-order valence-electron chi connectivity index (χ3n) is 3.83. The molecule has 0 radical (unpaired) electrons. The van der Waals surface area contributed by atoms with Crippen molar-refractivity contribution in [3.8, 4) is 5.75 Å². The van der Waals surface area contributed by atoms with Crippen molar-refractivity contribution in [1.29, 1.82) is 0 Å². The minimum Gasteiger partial charge on any atom is -0.483 e. The van der Waals surface area contributed by atoms with E-state index in [9.17, 15) is 4.79 Å². The lowest BCUT2D eigenvalue weighted by Gasteiger charge is -2.18. The van der Waals surface area contributed by atoms with Crippen molar-refractivity contribution in [2.45, 2.75) is 20.8 Å². The van der Waals surface area contributed by atoms with Crippen LogP contribution >= 0.6 is 11.3 Å². The Balaban J connectivity index is 1.75. The molecule has 1 aromatic heterocycles. The van der Waals surface area contributed by atoms with Crippen LogP contribution < -0.4 is 9.64 Å². The lowest BCUT2D eigenvalue weighted by atomic mass is 10.1. The molecule has 2 aromatic carbocycles. The number of aromatic nitrogens is 1. The number of carbonyl (C=O) groups is 1. The van der Waals surface area contributed by atoms with Crippen molar-refractivity contribution in [2.24, 2.45) is 0 Å². The highest BCUT2D eigenvalue weighted by molar-refractivity contribution is 7.22. The van der Waals surface area contributed by atoms with Crippen LogP contribution in [0.3, 0.4) is 0 Å². The number of hydrogen-bond donors (Lipinski definition) is 0. The van der Waals surface area contributed by atoms with Crippen LogP contribution in [-0.2, 0) is 4.79 Å². The van der Waals surface area contributed by atoms with Crippen LogP contribution in [-0.4, -0.2) is 24.0 Å². The van der Waals surface area contributed by atoms with Crippen LogP contribution in [0.5, 0.6) is 5.75 Å². The molecular weight excluding hydrogens is 320 g/mol. The summed E-state index contributed by atoms with van der Waals surface area (Å²) in [5, 5.41) is 0.716. The molecular formula is C19H20N2O2S. The maximum atomic E-state index is 12.6. The second-order valence-electron chi connectivity index (χ2n) is 5.66. The van der Waals surface area contributed by atoms with E-state index in [0.29, 0.717) is 11.7 Å². The number of ether oxygens (including phenoxy) is 1. The van der Waals surface area contributed by atoms with Gasteiger partial charge in [0.1, 0.15) is 5.75 Å². The highest BCUT2D eigenvalue weighted by Gasteiger charge is 2.18. The standard InChI is InChI=1S/C19H20N2O2S/c1-4-21(19-20-15-7-5-6-8-17(15)24-19)18(22)12-23-16-11-13(2)9-10-14(16)3/h5-11H,4,12H2,1-3H3. The summed E-state index contributed by atoms with van der Waals surface area (Å²) in [7, 11) is 0. The van der Waals surface area contributed by atoms with Crippen molar-refractivity contribution in [2.75, 3.05) is 18.1 Å². The lowest BCUT2D eigenvalue weighted by Crippen LogP contribution is -2.34. The fourth-order valence-electron chi connectivity index (χ4n) is 2.47. The number of benzene rings is 2. The molecule has 3 aromatic rings. The summed E-state index contributed by atoms with van der Waals surface area (Å²) in [5.41, 5.74) is 3.05. The number of rotatable bonds is 5. The smallest absolute Gasteiger partial charge is 0.266 e. The van der Waals surface area contributed by atoms with E-state index in [2.05, 4.69) is 4.98 Å². The average Bonchev–Trinajstić information content (AvgIpc) is 3.00. The van der Waals surface area contributed by atoms with Gasteiger partial charge in [-0.25, -0.2) is 4.98 Å². The van der Waals surface area contributed by atoms with Crippen molar-refractivity contribution < 1.29 is 9.53 Å². The Morgan fingerprint density at radius 3 is 2.75 bits per heavy atom. The number of para-hydroxylation sites is 1. The van der Waals surface area contributed by atoms with Gasteiger partial charge in [-0.15, -0.1) is 0 Å². The molecule has 24 heavy (non-hydrogen) atoms. The van der Waals surface area contributed by atoms with Crippen LogP contribution in [0.4, 0.5) is 5.13 Å². The topological polar surface area (TPSA) is 42.4 Å². The molecule has 4 nitrogen and oxygen atoms in total. The highest BCUT2D eigenvalue weighted by atomic mass is 32.1. The molecule has 5 heteroatoms. The summed E-state index contributed by atoms with van der Waals surface area (Å²) >= 11 is 1.52. The summed E-state index contributed by atoms with van der Waals surface area (Å²) in [6, 6.07) is 13.9. The Labute approximate surface area is 145 Å². The number of thiazole rings is 1. The lowest BCUT2D eigenvalue weighted by molar-refractivity contribution is -0.120. The number of likely N-dealkylation sites (N-methyl/N-ethyl adjacent to an activating group) is 1. The van der Waals surface area contributed by atoms with Gasteiger partial charge in [0.25, 0.3) is 5.91 Å². The van der Waals surface area contributed by atoms with Crippen LogP contribution in [0.2, 0.25) is 0 Å². The maximum absolute atomic E-state index is 12.6. The molecule has 1 heterocycles. The minimum absolute atomic E-state index is 0.00799. The van der Waals surface area contributed by atoms with Gasteiger partial charge in [-0.2, -0.15) is 0 Å². The van der Waals surface area contributed by atoms with Crippen molar-refractivity contribution in [3.63, 3.8) is 0 Å². The van der Waals surface area contributed by atoms with Gasteiger partial charge in [-0.3, -0.25) is 9.69 Å². The Hall–Kier alpha value is -2.40. The Bertz CT molecular complexity index is 840. The van der Waals surface area contributed by atoms with Gasteiger partial charge in [-0.05, 0) is 50.1 Å². The number of fused-ring (bicyclic) bond motifs is 1. The van der Waals surface area contributed by atoms with Crippen LogP contribution in [0, 0.1) is 13.8 Å². The Kier molecular flexibility index (Phi) is 4.81. The number of nitrogens with zero attached hydrogens (tertiary/aromatic N) is 2. The molecule has 124 valence electrons. The first-order valence-electron chi connectivity index (χ1n) is 7.94. The molecule has 0 aliphatic rings. The second-order valence-corrected chi connectivity index (χ2v) is 6.67. The normalized spacial score (nSPS) is 10.8. The summed E-state index contributed by atoms with van der Waals surface area (Å²) in [6.07, 6.45) is 0. The molecule has 0 saturated carbocycles. The van der Waals surface area contributed by atoms with E-state index >= 15 is 0 Å². The monoisotopic (exact) mass is 340 g/mol. The second kappa shape index (κ2) is 7.01. The van der Waals surface area contributed by atoms with Gasteiger partial charge in [0, 0.05) is 6.54 Å². The largest absolute Gasteiger partial charge is 0.483 e. The SMILES string of the molecule is CCN(C(=O)COc1cc(C)ccc1C)c1nc2ccccc2s1.